The summed E-state index contributed by atoms with van der Waals surface area (Å²) < 4.78 is 38.9. The van der Waals surface area contributed by atoms with Crippen LogP contribution in [0.1, 0.15) is 19.4 Å². The van der Waals surface area contributed by atoms with Gasteiger partial charge in [0, 0.05) is 17.3 Å². The Morgan fingerprint density at radius 1 is 1.35 bits per heavy atom. The Hall–Kier alpha value is -0.880. The normalized spacial score (nSPS) is 18.6. The second kappa shape index (κ2) is 5.48. The van der Waals surface area contributed by atoms with Crippen LogP contribution in [0.4, 0.5) is 18.9 Å². The summed E-state index contributed by atoms with van der Waals surface area (Å²) in [5, 5.41) is 3.32. The van der Waals surface area contributed by atoms with E-state index < -0.39 is 11.7 Å². The largest absolute Gasteiger partial charge is 0.418 e. The number of thioether (sulfide) groups is 1. The molecule has 1 aliphatic rings. The number of amidine groups is 1. The van der Waals surface area contributed by atoms with Gasteiger partial charge in [0.1, 0.15) is 0 Å². The van der Waals surface area contributed by atoms with Gasteiger partial charge in [-0.15, -0.1) is 0 Å². The number of alkyl halides is 3. The van der Waals surface area contributed by atoms with Crippen molar-refractivity contribution >= 4 is 34.2 Å². The molecular weight excluding hydrogens is 309 g/mol. The van der Waals surface area contributed by atoms with Crippen LogP contribution in [0.3, 0.4) is 0 Å². The number of rotatable bonds is 1. The van der Waals surface area contributed by atoms with Gasteiger partial charge in [0.05, 0.1) is 11.3 Å². The molecule has 1 N–H and O–H groups in total. The number of aliphatic imine (C=N–C) groups is 1. The van der Waals surface area contributed by atoms with Gasteiger partial charge >= 0.3 is 6.18 Å². The van der Waals surface area contributed by atoms with Crippen molar-refractivity contribution in [2.75, 3.05) is 17.6 Å². The minimum Gasteiger partial charge on any atom is -0.334 e. The molecule has 2 rings (SSSR count). The molecular formula is C13H14ClF3N2S. The SMILES string of the molecule is CC1(C)CN=C(Nc2ccc(Cl)cc2C(F)(F)F)SC1. The zero-order chi connectivity index (χ0) is 15.0. The Bertz CT molecular complexity index is 541. The number of anilines is 1. The summed E-state index contributed by atoms with van der Waals surface area (Å²) in [5.74, 6) is 0.813. The highest BCUT2D eigenvalue weighted by Gasteiger charge is 2.34. The van der Waals surface area contributed by atoms with Gasteiger partial charge in [-0.05, 0) is 23.6 Å². The molecule has 20 heavy (non-hydrogen) atoms. The molecule has 0 spiro atoms. The second-order valence-corrected chi connectivity index (χ2v) is 6.79. The highest BCUT2D eigenvalue weighted by atomic mass is 35.5. The van der Waals surface area contributed by atoms with Crippen molar-refractivity contribution < 1.29 is 13.2 Å². The first-order valence-corrected chi connectivity index (χ1v) is 7.35. The van der Waals surface area contributed by atoms with E-state index in [0.717, 1.165) is 11.8 Å². The van der Waals surface area contributed by atoms with Crippen LogP contribution in [0.2, 0.25) is 5.02 Å². The van der Waals surface area contributed by atoms with Crippen LogP contribution >= 0.6 is 23.4 Å². The summed E-state index contributed by atoms with van der Waals surface area (Å²) in [6.45, 7) is 4.74. The summed E-state index contributed by atoms with van der Waals surface area (Å²) >= 11 is 7.07. The third-order valence-corrected chi connectivity index (χ3v) is 4.44. The standard InChI is InChI=1S/C13H14ClF3N2S/c1-12(2)6-18-11(20-7-12)19-10-4-3-8(14)5-9(10)13(15,16)17/h3-5H,6-7H2,1-2H3,(H,18,19). The lowest BCUT2D eigenvalue weighted by Gasteiger charge is -2.27. The molecule has 0 aliphatic carbocycles. The predicted octanol–water partition coefficient (Wildman–Crippen LogP) is 4.90. The molecule has 0 saturated carbocycles. The zero-order valence-electron chi connectivity index (χ0n) is 11.0. The van der Waals surface area contributed by atoms with Crippen LogP contribution in [0.25, 0.3) is 0 Å². The Morgan fingerprint density at radius 2 is 2.05 bits per heavy atom. The fraction of sp³-hybridized carbons (Fsp3) is 0.462. The highest BCUT2D eigenvalue weighted by Crippen LogP contribution is 2.37. The van der Waals surface area contributed by atoms with Crippen LogP contribution in [0, 0.1) is 5.41 Å². The summed E-state index contributed by atoms with van der Waals surface area (Å²) in [6, 6.07) is 3.67. The van der Waals surface area contributed by atoms with E-state index in [-0.39, 0.29) is 16.1 Å². The van der Waals surface area contributed by atoms with E-state index in [4.69, 9.17) is 11.6 Å². The zero-order valence-corrected chi connectivity index (χ0v) is 12.6. The van der Waals surface area contributed by atoms with Crippen LogP contribution in [0.15, 0.2) is 23.2 Å². The van der Waals surface area contributed by atoms with Crippen molar-refractivity contribution in [1.82, 2.24) is 0 Å². The first-order chi connectivity index (χ1) is 9.17. The second-order valence-electron chi connectivity index (χ2n) is 5.39. The van der Waals surface area contributed by atoms with E-state index in [1.807, 2.05) is 0 Å². The first kappa shape index (κ1) is 15.5. The summed E-state index contributed by atoms with van der Waals surface area (Å²) in [4.78, 5) is 4.29. The molecule has 0 radical (unpaired) electrons. The Labute approximate surface area is 124 Å². The molecule has 2 nitrogen and oxygen atoms in total. The fourth-order valence-corrected chi connectivity index (χ4v) is 2.82. The van der Waals surface area contributed by atoms with E-state index in [1.54, 1.807) is 0 Å². The Balaban J connectivity index is 2.24. The summed E-state index contributed by atoms with van der Waals surface area (Å²) in [5.41, 5.74) is -0.728. The van der Waals surface area contributed by atoms with Crippen molar-refractivity contribution in [3.63, 3.8) is 0 Å². The van der Waals surface area contributed by atoms with E-state index in [0.29, 0.717) is 11.7 Å². The molecule has 0 unspecified atom stereocenters. The van der Waals surface area contributed by atoms with Gasteiger partial charge in [-0.2, -0.15) is 13.2 Å². The lowest BCUT2D eigenvalue weighted by molar-refractivity contribution is -0.136. The number of nitrogens with one attached hydrogen (secondary N) is 1. The summed E-state index contributed by atoms with van der Waals surface area (Å²) in [7, 11) is 0. The number of hydrogen-bond acceptors (Lipinski definition) is 3. The maximum Gasteiger partial charge on any atom is 0.418 e. The number of nitrogens with zero attached hydrogens (tertiary/aromatic N) is 1. The van der Waals surface area contributed by atoms with Gasteiger partial charge in [-0.3, -0.25) is 4.99 Å². The molecule has 1 aliphatic heterocycles. The van der Waals surface area contributed by atoms with Gasteiger partial charge in [0.15, 0.2) is 5.17 Å². The smallest absolute Gasteiger partial charge is 0.334 e. The van der Waals surface area contributed by atoms with E-state index in [9.17, 15) is 13.2 Å². The molecule has 0 bridgehead atoms. The monoisotopic (exact) mass is 322 g/mol. The topological polar surface area (TPSA) is 24.4 Å². The molecule has 7 heteroatoms. The lowest BCUT2D eigenvalue weighted by atomic mass is 9.97. The fourth-order valence-electron chi connectivity index (χ4n) is 1.69. The molecule has 0 fully saturated rings. The van der Waals surface area contributed by atoms with E-state index in [1.165, 1.54) is 23.9 Å². The average molecular weight is 323 g/mol. The van der Waals surface area contributed by atoms with Gasteiger partial charge in [0.25, 0.3) is 0 Å². The summed E-state index contributed by atoms with van der Waals surface area (Å²) in [6.07, 6.45) is -4.45. The maximum atomic E-state index is 13.0. The number of benzene rings is 1. The van der Waals surface area contributed by atoms with Crippen molar-refractivity contribution in [3.8, 4) is 0 Å². The van der Waals surface area contributed by atoms with Crippen LogP contribution in [-0.4, -0.2) is 17.5 Å². The van der Waals surface area contributed by atoms with Gasteiger partial charge in [-0.1, -0.05) is 37.2 Å². The molecule has 0 amide bonds. The third-order valence-electron chi connectivity index (χ3n) is 2.78. The quantitative estimate of drug-likeness (QED) is 0.795. The van der Waals surface area contributed by atoms with Crippen molar-refractivity contribution in [3.05, 3.63) is 28.8 Å². The van der Waals surface area contributed by atoms with E-state index in [2.05, 4.69) is 24.2 Å². The van der Waals surface area contributed by atoms with E-state index >= 15 is 0 Å². The lowest BCUT2D eigenvalue weighted by Crippen LogP contribution is -2.27. The maximum absolute atomic E-state index is 13.0. The molecule has 1 heterocycles. The Kier molecular flexibility index (Phi) is 4.25. The van der Waals surface area contributed by atoms with Crippen molar-refractivity contribution in [2.24, 2.45) is 10.4 Å². The van der Waals surface area contributed by atoms with Crippen molar-refractivity contribution in [1.29, 1.82) is 0 Å². The molecule has 0 saturated heterocycles. The number of hydrogen-bond donors (Lipinski definition) is 1. The molecule has 0 atom stereocenters. The Morgan fingerprint density at radius 3 is 2.60 bits per heavy atom. The molecule has 1 aromatic rings. The van der Waals surface area contributed by atoms with Gasteiger partial charge in [-0.25, -0.2) is 0 Å². The van der Waals surface area contributed by atoms with Crippen LogP contribution in [0.5, 0.6) is 0 Å². The molecule has 1 aromatic carbocycles. The average Bonchev–Trinajstić information content (AvgIpc) is 2.33. The van der Waals surface area contributed by atoms with Gasteiger partial charge < -0.3 is 5.32 Å². The first-order valence-electron chi connectivity index (χ1n) is 5.98. The minimum absolute atomic E-state index is 0.0205. The number of halogens is 4. The molecule has 110 valence electrons. The van der Waals surface area contributed by atoms with Gasteiger partial charge in [0.2, 0.25) is 0 Å². The van der Waals surface area contributed by atoms with Crippen LogP contribution < -0.4 is 5.32 Å². The predicted molar refractivity (Wildman–Crippen MR) is 78.6 cm³/mol. The molecule has 0 aromatic heterocycles. The van der Waals surface area contributed by atoms with Crippen molar-refractivity contribution in [2.45, 2.75) is 20.0 Å². The highest BCUT2D eigenvalue weighted by molar-refractivity contribution is 8.14. The van der Waals surface area contributed by atoms with Crippen LogP contribution in [-0.2, 0) is 6.18 Å². The third kappa shape index (κ3) is 3.82. The minimum atomic E-state index is -4.45.